The summed E-state index contributed by atoms with van der Waals surface area (Å²) in [5.41, 5.74) is 4.33. The number of imidazole rings is 1. The molecule has 164 valence electrons. The maximum Gasteiger partial charge on any atom is 0.290 e. The molecule has 1 aliphatic rings. The molecule has 0 spiro atoms. The summed E-state index contributed by atoms with van der Waals surface area (Å²) >= 11 is 0. The monoisotopic (exact) mass is 435 g/mol. The molecule has 1 aliphatic heterocycles. The van der Waals surface area contributed by atoms with Crippen LogP contribution in [0.25, 0.3) is 16.9 Å². The van der Waals surface area contributed by atoms with Gasteiger partial charge in [0, 0.05) is 41.9 Å². The van der Waals surface area contributed by atoms with Crippen LogP contribution in [0.15, 0.2) is 48.8 Å². The predicted octanol–water partition coefficient (Wildman–Crippen LogP) is 2.92. The zero-order valence-electron chi connectivity index (χ0n) is 17.4. The molecule has 1 aromatic carbocycles. The van der Waals surface area contributed by atoms with Gasteiger partial charge in [-0.15, -0.1) is 0 Å². The van der Waals surface area contributed by atoms with Gasteiger partial charge in [0.1, 0.15) is 17.1 Å². The number of carbonyl (C=O) groups excluding carboxylic acids is 1. The fourth-order valence-corrected chi connectivity index (χ4v) is 3.93. The highest BCUT2D eigenvalue weighted by molar-refractivity contribution is 5.96. The summed E-state index contributed by atoms with van der Waals surface area (Å²) < 4.78 is 12.9. The Morgan fingerprint density at radius 2 is 2.03 bits per heavy atom. The Kier molecular flexibility index (Phi) is 5.75. The first-order chi connectivity index (χ1) is 15.6. The van der Waals surface area contributed by atoms with Crippen molar-refractivity contribution < 1.29 is 24.2 Å². The maximum atomic E-state index is 12.4. The van der Waals surface area contributed by atoms with Crippen LogP contribution < -0.4 is 14.8 Å². The number of aromatic nitrogens is 4. The van der Waals surface area contributed by atoms with Crippen molar-refractivity contribution in [3.05, 3.63) is 60.0 Å². The normalized spacial score (nSPS) is 14.7. The first-order valence-corrected chi connectivity index (χ1v) is 9.71. The lowest BCUT2D eigenvalue weighted by molar-refractivity contribution is -0.123. The van der Waals surface area contributed by atoms with E-state index in [-0.39, 0.29) is 18.3 Å². The Hall–Kier alpha value is -4.34. The maximum absolute atomic E-state index is 12.4. The number of nitrogens with zero attached hydrogens (tertiary/aromatic N) is 3. The molecule has 10 heteroatoms. The molecule has 4 heterocycles. The van der Waals surface area contributed by atoms with Gasteiger partial charge in [0.05, 0.1) is 25.6 Å². The number of carboxylic acid groups (broad SMARTS) is 1. The number of aromatic amines is 1. The average molecular weight is 435 g/mol. The third-order valence-electron chi connectivity index (χ3n) is 5.28. The van der Waals surface area contributed by atoms with Gasteiger partial charge >= 0.3 is 0 Å². The minimum absolute atomic E-state index is 0.0758. The number of hydrogen-bond acceptors (Lipinski definition) is 6. The van der Waals surface area contributed by atoms with Gasteiger partial charge in [-0.2, -0.15) is 5.10 Å². The number of fused-ring (bicyclic) bond motifs is 2. The van der Waals surface area contributed by atoms with Crippen molar-refractivity contribution in [1.82, 2.24) is 19.6 Å². The standard InChI is InChI=1S/C21H19N5O3.CH2O2/c1-28-12-6-7-13(16(9-12)29-2)20-19-14(10-18(27)23-21(19)25-24-20)15-11-22-17-5-3-4-8-26(15)17;2-1-3/h3-9,11,14H,10H2,1-2H3,(H2,23,24,25,27);1H,(H,2,3). The number of rotatable bonds is 4. The molecule has 1 atom stereocenters. The van der Waals surface area contributed by atoms with Crippen molar-refractivity contribution in [3.8, 4) is 22.8 Å². The Balaban J connectivity index is 0.000000775. The minimum atomic E-state index is -0.250. The van der Waals surface area contributed by atoms with Gasteiger partial charge in [0.15, 0.2) is 5.82 Å². The highest BCUT2D eigenvalue weighted by atomic mass is 16.5. The number of methoxy groups -OCH3 is 2. The van der Waals surface area contributed by atoms with Gasteiger partial charge in [0.2, 0.25) is 5.91 Å². The lowest BCUT2D eigenvalue weighted by Gasteiger charge is -2.23. The number of ether oxygens (including phenoxy) is 2. The van der Waals surface area contributed by atoms with E-state index in [1.807, 2.05) is 53.2 Å². The third kappa shape index (κ3) is 3.62. The van der Waals surface area contributed by atoms with Gasteiger partial charge in [0.25, 0.3) is 6.47 Å². The van der Waals surface area contributed by atoms with Crippen molar-refractivity contribution in [3.63, 3.8) is 0 Å². The molecule has 3 N–H and O–H groups in total. The first kappa shape index (κ1) is 20.9. The van der Waals surface area contributed by atoms with E-state index in [2.05, 4.69) is 20.5 Å². The van der Waals surface area contributed by atoms with Crippen LogP contribution in [0.4, 0.5) is 5.82 Å². The third-order valence-corrected chi connectivity index (χ3v) is 5.28. The van der Waals surface area contributed by atoms with Crippen LogP contribution in [-0.2, 0) is 9.59 Å². The SMILES string of the molecule is COc1ccc(-c2[nH]nc3c2C(c2cnc4ccccn24)CC(=O)N3)c(OC)c1.O=CO. The van der Waals surface area contributed by atoms with E-state index in [4.69, 9.17) is 19.4 Å². The number of pyridine rings is 1. The van der Waals surface area contributed by atoms with Crippen LogP contribution in [0.2, 0.25) is 0 Å². The van der Waals surface area contributed by atoms with E-state index in [1.165, 1.54) is 0 Å². The Morgan fingerprint density at radius 1 is 1.22 bits per heavy atom. The summed E-state index contributed by atoms with van der Waals surface area (Å²) in [4.78, 5) is 25.2. The topological polar surface area (TPSA) is 131 Å². The highest BCUT2D eigenvalue weighted by Gasteiger charge is 2.34. The van der Waals surface area contributed by atoms with E-state index >= 15 is 0 Å². The van der Waals surface area contributed by atoms with Gasteiger partial charge in [-0.1, -0.05) is 6.07 Å². The number of benzene rings is 1. The number of hydrogen-bond donors (Lipinski definition) is 3. The first-order valence-electron chi connectivity index (χ1n) is 9.71. The van der Waals surface area contributed by atoms with Gasteiger partial charge in [-0.25, -0.2) is 4.98 Å². The Labute approximate surface area is 182 Å². The molecule has 1 unspecified atom stereocenters. The molecule has 4 aromatic rings. The molecule has 0 saturated heterocycles. The average Bonchev–Trinajstić information content (AvgIpc) is 3.43. The second-order valence-corrected chi connectivity index (χ2v) is 6.95. The number of nitrogens with one attached hydrogen (secondary N) is 2. The fraction of sp³-hybridized carbons (Fsp3) is 0.182. The van der Waals surface area contributed by atoms with E-state index in [0.717, 1.165) is 28.2 Å². The van der Waals surface area contributed by atoms with Crippen LogP contribution >= 0.6 is 0 Å². The molecule has 10 nitrogen and oxygen atoms in total. The molecule has 0 radical (unpaired) electrons. The van der Waals surface area contributed by atoms with Crippen LogP contribution in [-0.4, -0.2) is 51.3 Å². The Morgan fingerprint density at radius 3 is 2.78 bits per heavy atom. The van der Waals surface area contributed by atoms with Crippen molar-refractivity contribution in [2.24, 2.45) is 0 Å². The van der Waals surface area contributed by atoms with E-state index < -0.39 is 0 Å². The second-order valence-electron chi connectivity index (χ2n) is 6.95. The molecule has 5 rings (SSSR count). The summed E-state index contributed by atoms with van der Waals surface area (Å²) in [5.74, 6) is 1.62. The van der Waals surface area contributed by atoms with E-state index in [0.29, 0.717) is 23.7 Å². The van der Waals surface area contributed by atoms with Crippen LogP contribution in [0.5, 0.6) is 11.5 Å². The van der Waals surface area contributed by atoms with Crippen molar-refractivity contribution >= 4 is 23.8 Å². The molecular weight excluding hydrogens is 414 g/mol. The molecule has 1 amide bonds. The largest absolute Gasteiger partial charge is 0.497 e. The molecule has 0 saturated carbocycles. The zero-order valence-corrected chi connectivity index (χ0v) is 17.4. The lowest BCUT2D eigenvalue weighted by atomic mass is 9.87. The number of carbonyl (C=O) groups is 2. The Bertz CT molecular complexity index is 1280. The molecule has 3 aromatic heterocycles. The molecule has 0 aliphatic carbocycles. The summed E-state index contributed by atoms with van der Waals surface area (Å²) in [6, 6.07) is 11.5. The highest BCUT2D eigenvalue weighted by Crippen LogP contribution is 2.44. The fourth-order valence-electron chi connectivity index (χ4n) is 3.93. The summed E-state index contributed by atoms with van der Waals surface area (Å²) in [7, 11) is 3.23. The van der Waals surface area contributed by atoms with Crippen molar-refractivity contribution in [2.45, 2.75) is 12.3 Å². The summed E-state index contributed by atoms with van der Waals surface area (Å²) in [5, 5.41) is 17.2. The molecule has 0 fully saturated rings. The van der Waals surface area contributed by atoms with E-state index in [1.54, 1.807) is 14.2 Å². The molecule has 32 heavy (non-hydrogen) atoms. The molecular formula is C22H21N5O5. The zero-order chi connectivity index (χ0) is 22.7. The lowest BCUT2D eigenvalue weighted by Crippen LogP contribution is -2.24. The van der Waals surface area contributed by atoms with Gasteiger partial charge < -0.3 is 24.3 Å². The van der Waals surface area contributed by atoms with Crippen molar-refractivity contribution in [2.75, 3.05) is 19.5 Å². The second kappa shape index (κ2) is 8.80. The smallest absolute Gasteiger partial charge is 0.290 e. The number of amides is 1. The van der Waals surface area contributed by atoms with Crippen LogP contribution in [0, 0.1) is 0 Å². The minimum Gasteiger partial charge on any atom is -0.497 e. The molecule has 0 bridgehead atoms. The van der Waals surface area contributed by atoms with Crippen LogP contribution in [0.3, 0.4) is 0 Å². The summed E-state index contributed by atoms with van der Waals surface area (Å²) in [6.07, 6.45) is 4.09. The summed E-state index contributed by atoms with van der Waals surface area (Å²) in [6.45, 7) is -0.250. The number of H-pyrrole nitrogens is 1. The van der Waals surface area contributed by atoms with Gasteiger partial charge in [-0.3, -0.25) is 14.7 Å². The van der Waals surface area contributed by atoms with Crippen LogP contribution in [0.1, 0.15) is 23.6 Å². The van der Waals surface area contributed by atoms with E-state index in [9.17, 15) is 4.79 Å². The van der Waals surface area contributed by atoms with Crippen molar-refractivity contribution in [1.29, 1.82) is 0 Å². The quantitative estimate of drug-likeness (QED) is 0.420. The van der Waals surface area contributed by atoms with Gasteiger partial charge in [-0.05, 0) is 24.3 Å². The number of anilines is 1. The predicted molar refractivity (Wildman–Crippen MR) is 116 cm³/mol.